The van der Waals surface area contributed by atoms with Crippen molar-refractivity contribution in [2.45, 2.75) is 77.7 Å². The lowest BCUT2D eigenvalue weighted by Gasteiger charge is -2.41. The van der Waals surface area contributed by atoms with Gasteiger partial charge in [-0.3, -0.25) is 9.69 Å². The van der Waals surface area contributed by atoms with Gasteiger partial charge in [0.15, 0.2) is 0 Å². The monoisotopic (exact) mass is 471 g/mol. The maximum atomic E-state index is 14.6. The van der Waals surface area contributed by atoms with Gasteiger partial charge >= 0.3 is 6.18 Å². The maximum Gasteiger partial charge on any atom is 0.408 e. The van der Waals surface area contributed by atoms with Gasteiger partial charge in [0.25, 0.3) is 0 Å². The topological polar surface area (TPSA) is 70.1 Å². The number of rotatable bonds is 8. The summed E-state index contributed by atoms with van der Waals surface area (Å²) in [5.74, 6) is -0.912. The number of aryl methyl sites for hydroxylation is 3. The third-order valence-corrected chi connectivity index (χ3v) is 6.57. The fourth-order valence-corrected chi connectivity index (χ4v) is 5.06. The minimum Gasteiger partial charge on any atom is -0.368 e. The van der Waals surface area contributed by atoms with E-state index in [0.717, 1.165) is 32.7 Å². The molecule has 0 spiro atoms. The summed E-state index contributed by atoms with van der Waals surface area (Å²) in [6.45, 7) is 9.62. The Morgan fingerprint density at radius 2 is 1.65 bits per heavy atom. The lowest BCUT2D eigenvalue weighted by Crippen LogP contribution is -2.56. The normalized spacial score (nSPS) is 16.9. The molecule has 2 N–H and O–H groups in total. The number of hydrogen-bond acceptors (Lipinski definition) is 3. The second-order valence-electron chi connectivity index (χ2n) is 9.94. The van der Waals surface area contributed by atoms with Gasteiger partial charge in [0.05, 0.1) is 12.1 Å². The van der Waals surface area contributed by atoms with Crippen molar-refractivity contribution in [3.63, 3.8) is 0 Å². The molecule has 0 bridgehead atoms. The van der Waals surface area contributed by atoms with Crippen LogP contribution in [0.2, 0.25) is 0 Å². The molecule has 0 saturated heterocycles. The van der Waals surface area contributed by atoms with E-state index in [9.17, 15) is 23.2 Å². The van der Waals surface area contributed by atoms with Gasteiger partial charge in [0.1, 0.15) is 11.6 Å². The van der Waals surface area contributed by atoms with Crippen LogP contribution in [0, 0.1) is 38.0 Å². The van der Waals surface area contributed by atoms with Crippen molar-refractivity contribution in [3.8, 4) is 17.2 Å². The summed E-state index contributed by atoms with van der Waals surface area (Å²) in [6, 6.07) is 9.13. The Hall–Kier alpha value is -2.85. The largest absolute Gasteiger partial charge is 0.408 e. The second kappa shape index (κ2) is 9.42. The highest BCUT2D eigenvalue weighted by Gasteiger charge is 2.60. The molecule has 2 atom stereocenters. The zero-order valence-corrected chi connectivity index (χ0v) is 20.3. The highest BCUT2D eigenvalue weighted by Crippen LogP contribution is 2.52. The maximum absolute atomic E-state index is 14.6. The van der Waals surface area contributed by atoms with E-state index in [1.807, 2.05) is 46.8 Å². The first-order valence-corrected chi connectivity index (χ1v) is 11.5. The second-order valence-corrected chi connectivity index (χ2v) is 9.94. The minimum atomic E-state index is -4.70. The van der Waals surface area contributed by atoms with Crippen LogP contribution in [0.4, 0.5) is 13.2 Å². The van der Waals surface area contributed by atoms with Crippen LogP contribution < -0.4 is 5.73 Å². The van der Waals surface area contributed by atoms with Crippen molar-refractivity contribution >= 4 is 5.91 Å². The molecule has 1 saturated carbocycles. The molecule has 7 heteroatoms. The van der Waals surface area contributed by atoms with Gasteiger partial charge in [-0.15, -0.1) is 0 Å². The van der Waals surface area contributed by atoms with Crippen LogP contribution in [0.3, 0.4) is 0 Å². The fraction of sp³-hybridized carbons (Fsp3) is 0.481. The van der Waals surface area contributed by atoms with Crippen LogP contribution in [0.25, 0.3) is 11.1 Å². The predicted octanol–water partition coefficient (Wildman–Crippen LogP) is 6.14. The van der Waals surface area contributed by atoms with Crippen LogP contribution in [-0.2, 0) is 4.79 Å². The molecule has 182 valence electrons. The fourth-order valence-electron chi connectivity index (χ4n) is 5.06. The molecular weight excluding hydrogens is 439 g/mol. The quantitative estimate of drug-likeness (QED) is 0.503. The average Bonchev–Trinajstić information content (AvgIpc) is 3.50. The van der Waals surface area contributed by atoms with Crippen molar-refractivity contribution in [3.05, 3.63) is 58.7 Å². The van der Waals surface area contributed by atoms with Gasteiger partial charge in [-0.2, -0.15) is 18.4 Å². The molecule has 1 aliphatic rings. The summed E-state index contributed by atoms with van der Waals surface area (Å²) in [6.07, 6.45) is -4.00. The summed E-state index contributed by atoms with van der Waals surface area (Å²) < 4.78 is 43.8. The van der Waals surface area contributed by atoms with E-state index in [0.29, 0.717) is 0 Å². The van der Waals surface area contributed by atoms with Crippen molar-refractivity contribution < 1.29 is 18.0 Å². The molecule has 0 unspecified atom stereocenters. The first kappa shape index (κ1) is 25.8. The van der Waals surface area contributed by atoms with Crippen molar-refractivity contribution in [1.29, 1.82) is 5.26 Å². The summed E-state index contributed by atoms with van der Waals surface area (Å²) >= 11 is 0. The van der Waals surface area contributed by atoms with Crippen LogP contribution in [-0.4, -0.2) is 28.6 Å². The Kier molecular flexibility index (Phi) is 7.14. The number of nitrogens with two attached hydrogens (primary N) is 1. The predicted molar refractivity (Wildman–Crippen MR) is 127 cm³/mol. The van der Waals surface area contributed by atoms with Gasteiger partial charge in [0, 0.05) is 0 Å². The standard InChI is InChI=1S/C27H32F3N3O/c1-16(2)12-22(25(32)34)33(26(15-31)10-11-26)24(27(28,29)30)21-8-6-20(7-9-21)23-18(4)13-17(3)14-19(23)5/h6-9,13-14,16,22,24H,10-12H2,1-5H3,(H2,32,34)/t22-,24-/m0/s1. The Morgan fingerprint density at radius 1 is 1.12 bits per heavy atom. The van der Waals surface area contributed by atoms with Crippen LogP contribution >= 0.6 is 0 Å². The van der Waals surface area contributed by atoms with Gasteiger partial charge in [-0.05, 0) is 73.8 Å². The molecular formula is C27H32F3N3O. The number of amides is 1. The molecule has 2 aromatic rings. The van der Waals surface area contributed by atoms with Crippen molar-refractivity contribution in [2.75, 3.05) is 0 Å². The van der Waals surface area contributed by atoms with E-state index in [4.69, 9.17) is 5.73 Å². The van der Waals surface area contributed by atoms with Gasteiger partial charge in [-0.25, -0.2) is 0 Å². The molecule has 0 heterocycles. The number of hydrogen-bond donors (Lipinski definition) is 1. The molecule has 0 radical (unpaired) electrons. The summed E-state index contributed by atoms with van der Waals surface area (Å²) in [5.41, 5.74) is 9.29. The average molecular weight is 472 g/mol. The lowest BCUT2D eigenvalue weighted by atomic mass is 9.91. The summed E-state index contributed by atoms with van der Waals surface area (Å²) in [4.78, 5) is 13.4. The Morgan fingerprint density at radius 3 is 2.03 bits per heavy atom. The number of benzene rings is 2. The van der Waals surface area contributed by atoms with E-state index >= 15 is 0 Å². The van der Waals surface area contributed by atoms with Crippen molar-refractivity contribution in [1.82, 2.24) is 4.90 Å². The molecule has 0 aromatic heterocycles. The minimum absolute atomic E-state index is 0.00445. The number of nitrogens with zero attached hydrogens (tertiary/aromatic N) is 2. The lowest BCUT2D eigenvalue weighted by molar-refractivity contribution is -0.200. The zero-order chi connectivity index (χ0) is 25.4. The van der Waals surface area contributed by atoms with Crippen molar-refractivity contribution in [2.24, 2.45) is 11.7 Å². The van der Waals surface area contributed by atoms with Crippen LogP contribution in [0.5, 0.6) is 0 Å². The Labute approximate surface area is 199 Å². The molecule has 1 amide bonds. The zero-order valence-electron chi connectivity index (χ0n) is 20.3. The summed E-state index contributed by atoms with van der Waals surface area (Å²) in [5, 5.41) is 9.82. The number of carbonyl (C=O) groups excluding carboxylic acids is 1. The van der Waals surface area contributed by atoms with E-state index in [1.54, 1.807) is 12.1 Å². The Bertz CT molecular complexity index is 1070. The molecule has 1 aliphatic carbocycles. The molecule has 1 fully saturated rings. The molecule has 0 aliphatic heterocycles. The summed E-state index contributed by atoms with van der Waals surface area (Å²) in [7, 11) is 0. The first-order chi connectivity index (χ1) is 15.8. The first-order valence-electron chi connectivity index (χ1n) is 11.5. The molecule has 4 nitrogen and oxygen atoms in total. The number of alkyl halides is 3. The van der Waals surface area contributed by atoms with Crippen LogP contribution in [0.15, 0.2) is 36.4 Å². The number of halogens is 3. The SMILES string of the molecule is Cc1cc(C)c(-c2ccc([C@H](N([C@@H](CC(C)C)C(N)=O)C3(C#N)CC3)C(F)(F)F)cc2)c(C)c1. The smallest absolute Gasteiger partial charge is 0.368 e. The molecule has 2 aromatic carbocycles. The molecule has 34 heavy (non-hydrogen) atoms. The number of carbonyl (C=O) groups is 1. The van der Waals surface area contributed by atoms with Gasteiger partial charge in [-0.1, -0.05) is 55.8 Å². The molecule has 3 rings (SSSR count). The van der Waals surface area contributed by atoms with E-state index < -0.39 is 29.7 Å². The third-order valence-electron chi connectivity index (χ3n) is 6.57. The van der Waals surface area contributed by atoms with E-state index in [-0.39, 0.29) is 30.7 Å². The highest BCUT2D eigenvalue weighted by molar-refractivity contribution is 5.80. The number of nitriles is 1. The Balaban J connectivity index is 2.12. The van der Waals surface area contributed by atoms with E-state index in [1.165, 1.54) is 12.1 Å². The third kappa shape index (κ3) is 5.12. The number of primary amides is 1. The highest BCUT2D eigenvalue weighted by atomic mass is 19.4. The van der Waals surface area contributed by atoms with Gasteiger partial charge in [0.2, 0.25) is 5.91 Å². The van der Waals surface area contributed by atoms with Crippen LogP contribution in [0.1, 0.15) is 61.4 Å². The van der Waals surface area contributed by atoms with E-state index in [2.05, 4.69) is 6.07 Å². The van der Waals surface area contributed by atoms with Gasteiger partial charge < -0.3 is 5.73 Å².